The van der Waals surface area contributed by atoms with E-state index in [2.05, 4.69) is 5.32 Å². The number of thioether (sulfide) groups is 1. The Morgan fingerprint density at radius 1 is 1.45 bits per heavy atom. The molecule has 2 rings (SSSR count). The zero-order valence-electron chi connectivity index (χ0n) is 12.4. The highest BCUT2D eigenvalue weighted by atomic mass is 32.2. The number of sulfone groups is 1. The molecule has 0 spiro atoms. The topological polar surface area (TPSA) is 63.2 Å². The Kier molecular flexibility index (Phi) is 5.86. The summed E-state index contributed by atoms with van der Waals surface area (Å²) in [7, 11) is -2.91. The Balaban J connectivity index is 1.74. The van der Waals surface area contributed by atoms with Crippen LogP contribution in [0.15, 0.2) is 24.3 Å². The van der Waals surface area contributed by atoms with Gasteiger partial charge in [-0.15, -0.1) is 11.8 Å². The van der Waals surface area contributed by atoms with Crippen molar-refractivity contribution in [2.45, 2.75) is 31.1 Å². The van der Waals surface area contributed by atoms with Gasteiger partial charge in [-0.1, -0.05) is 18.2 Å². The highest BCUT2D eigenvalue weighted by Gasteiger charge is 2.28. The molecule has 1 amide bonds. The van der Waals surface area contributed by atoms with Gasteiger partial charge in [-0.25, -0.2) is 12.8 Å². The largest absolute Gasteiger partial charge is 0.353 e. The molecule has 0 radical (unpaired) electrons. The van der Waals surface area contributed by atoms with Gasteiger partial charge in [0.15, 0.2) is 9.84 Å². The second-order valence-electron chi connectivity index (χ2n) is 5.60. The molecular formula is C15H20FNO3S2. The second-order valence-corrected chi connectivity index (χ2v) is 9.12. The Morgan fingerprint density at radius 2 is 2.18 bits per heavy atom. The van der Waals surface area contributed by atoms with E-state index >= 15 is 0 Å². The maximum Gasteiger partial charge on any atom is 0.230 e. The van der Waals surface area contributed by atoms with E-state index in [1.165, 1.54) is 17.8 Å². The first-order valence-corrected chi connectivity index (χ1v) is 10.1. The molecule has 2 atom stereocenters. The molecule has 1 N–H and O–H groups in total. The summed E-state index contributed by atoms with van der Waals surface area (Å²) in [6, 6.07) is 6.34. The van der Waals surface area contributed by atoms with Crippen molar-refractivity contribution >= 4 is 27.5 Å². The maximum absolute atomic E-state index is 13.5. The molecule has 0 unspecified atom stereocenters. The van der Waals surface area contributed by atoms with Gasteiger partial charge in [0.05, 0.1) is 17.3 Å². The van der Waals surface area contributed by atoms with Crippen LogP contribution in [0.25, 0.3) is 0 Å². The predicted molar refractivity (Wildman–Crippen MR) is 87.2 cm³/mol. The number of rotatable bonds is 6. The number of benzene rings is 1. The zero-order chi connectivity index (χ0) is 16.2. The Bertz CT molecular complexity index is 633. The van der Waals surface area contributed by atoms with Crippen molar-refractivity contribution in [2.24, 2.45) is 0 Å². The van der Waals surface area contributed by atoms with Crippen LogP contribution in [-0.4, -0.2) is 42.9 Å². The molecule has 1 aromatic carbocycles. The number of carbonyl (C=O) groups excluding carboxylic acids is 1. The zero-order valence-corrected chi connectivity index (χ0v) is 14.1. The summed E-state index contributed by atoms with van der Waals surface area (Å²) in [6.45, 7) is 1.83. The van der Waals surface area contributed by atoms with Crippen molar-refractivity contribution in [3.8, 4) is 0 Å². The highest BCUT2D eigenvalue weighted by Crippen LogP contribution is 2.24. The molecule has 22 heavy (non-hydrogen) atoms. The summed E-state index contributed by atoms with van der Waals surface area (Å²) in [5.41, 5.74) is 0.574. The van der Waals surface area contributed by atoms with Crippen molar-refractivity contribution in [1.82, 2.24) is 5.32 Å². The second kappa shape index (κ2) is 7.46. The monoisotopic (exact) mass is 345 g/mol. The third kappa shape index (κ3) is 5.28. The summed E-state index contributed by atoms with van der Waals surface area (Å²) in [6.07, 6.45) is 1.05. The SMILES string of the molecule is C[C@@H](Cc1ccccc1F)NC(=O)CS[C@H]1CCS(=O)(=O)C1. The van der Waals surface area contributed by atoms with Gasteiger partial charge < -0.3 is 5.32 Å². The summed E-state index contributed by atoms with van der Waals surface area (Å²) in [5, 5.41) is 2.84. The Labute approximate surface area is 134 Å². The van der Waals surface area contributed by atoms with Crippen LogP contribution in [0.1, 0.15) is 18.9 Å². The van der Waals surface area contributed by atoms with E-state index in [-0.39, 0.29) is 40.3 Å². The van der Waals surface area contributed by atoms with Crippen molar-refractivity contribution in [3.05, 3.63) is 35.6 Å². The minimum absolute atomic E-state index is 0.0117. The van der Waals surface area contributed by atoms with Crippen molar-refractivity contribution in [2.75, 3.05) is 17.3 Å². The standard InChI is InChI=1S/C15H20FNO3S2/c1-11(8-12-4-2-3-5-14(12)16)17-15(18)9-21-13-6-7-22(19,20)10-13/h2-5,11,13H,6-10H2,1H3,(H,17,18)/t11-,13-/m0/s1. The van der Waals surface area contributed by atoms with Gasteiger partial charge in [-0.3, -0.25) is 4.79 Å². The first kappa shape index (κ1) is 17.3. The normalized spacial score (nSPS) is 21.5. The minimum atomic E-state index is -2.91. The van der Waals surface area contributed by atoms with Gasteiger partial charge in [0.2, 0.25) is 5.91 Å². The molecule has 1 saturated heterocycles. The molecule has 1 aromatic rings. The summed E-state index contributed by atoms with van der Waals surface area (Å²) >= 11 is 1.38. The van der Waals surface area contributed by atoms with Crippen molar-refractivity contribution < 1.29 is 17.6 Å². The lowest BCUT2D eigenvalue weighted by atomic mass is 10.1. The van der Waals surface area contributed by atoms with Gasteiger partial charge in [0.25, 0.3) is 0 Å². The first-order valence-electron chi connectivity index (χ1n) is 7.20. The fourth-order valence-corrected chi connectivity index (χ4v) is 5.90. The fourth-order valence-electron chi connectivity index (χ4n) is 2.45. The van der Waals surface area contributed by atoms with Crippen LogP contribution in [0.4, 0.5) is 4.39 Å². The van der Waals surface area contributed by atoms with E-state index in [9.17, 15) is 17.6 Å². The van der Waals surface area contributed by atoms with Gasteiger partial charge in [0, 0.05) is 11.3 Å². The van der Waals surface area contributed by atoms with E-state index in [1.54, 1.807) is 18.2 Å². The molecule has 0 bridgehead atoms. The smallest absolute Gasteiger partial charge is 0.230 e. The van der Waals surface area contributed by atoms with Crippen LogP contribution in [0.2, 0.25) is 0 Å². The molecule has 1 fully saturated rings. The lowest BCUT2D eigenvalue weighted by molar-refractivity contribution is -0.119. The molecule has 1 aliphatic heterocycles. The molecule has 1 heterocycles. The molecule has 0 aromatic heterocycles. The third-order valence-electron chi connectivity index (χ3n) is 3.53. The molecule has 0 aliphatic carbocycles. The van der Waals surface area contributed by atoms with E-state index in [0.717, 1.165) is 0 Å². The van der Waals surface area contributed by atoms with Gasteiger partial charge in [0.1, 0.15) is 5.82 Å². The van der Waals surface area contributed by atoms with E-state index in [1.807, 2.05) is 6.92 Å². The van der Waals surface area contributed by atoms with E-state index < -0.39 is 9.84 Å². The van der Waals surface area contributed by atoms with Gasteiger partial charge >= 0.3 is 0 Å². The summed E-state index contributed by atoms with van der Waals surface area (Å²) in [5.74, 6) is 0.209. The quantitative estimate of drug-likeness (QED) is 0.854. The molecule has 1 aliphatic rings. The van der Waals surface area contributed by atoms with Crippen LogP contribution in [0.5, 0.6) is 0 Å². The average Bonchev–Trinajstić information content (AvgIpc) is 2.78. The number of halogens is 1. The number of nitrogens with one attached hydrogen (secondary N) is 1. The molecular weight excluding hydrogens is 325 g/mol. The van der Waals surface area contributed by atoms with Gasteiger partial charge in [-0.2, -0.15) is 0 Å². The first-order chi connectivity index (χ1) is 10.4. The average molecular weight is 345 g/mol. The van der Waals surface area contributed by atoms with Crippen molar-refractivity contribution in [1.29, 1.82) is 0 Å². The van der Waals surface area contributed by atoms with E-state index in [4.69, 9.17) is 0 Å². The highest BCUT2D eigenvalue weighted by molar-refractivity contribution is 8.02. The van der Waals surface area contributed by atoms with Crippen LogP contribution in [0.3, 0.4) is 0 Å². The minimum Gasteiger partial charge on any atom is -0.353 e. The summed E-state index contributed by atoms with van der Waals surface area (Å²) < 4.78 is 36.2. The van der Waals surface area contributed by atoms with Crippen LogP contribution < -0.4 is 5.32 Å². The number of carbonyl (C=O) groups is 1. The Morgan fingerprint density at radius 3 is 2.82 bits per heavy atom. The number of amides is 1. The van der Waals surface area contributed by atoms with Crippen molar-refractivity contribution in [3.63, 3.8) is 0 Å². The fraction of sp³-hybridized carbons (Fsp3) is 0.533. The lowest BCUT2D eigenvalue weighted by Crippen LogP contribution is -2.35. The maximum atomic E-state index is 13.5. The number of hydrogen-bond acceptors (Lipinski definition) is 4. The van der Waals surface area contributed by atoms with Crippen LogP contribution in [0, 0.1) is 5.82 Å². The molecule has 0 saturated carbocycles. The summed E-state index contributed by atoms with van der Waals surface area (Å²) in [4.78, 5) is 11.9. The van der Waals surface area contributed by atoms with Crippen LogP contribution in [-0.2, 0) is 21.1 Å². The predicted octanol–water partition coefficient (Wildman–Crippen LogP) is 1.79. The Hall–Kier alpha value is -1.08. The van der Waals surface area contributed by atoms with Gasteiger partial charge in [-0.05, 0) is 31.4 Å². The molecule has 4 nitrogen and oxygen atoms in total. The van der Waals surface area contributed by atoms with E-state index in [0.29, 0.717) is 18.4 Å². The third-order valence-corrected chi connectivity index (χ3v) is 6.81. The molecule has 7 heteroatoms. The molecule has 122 valence electrons. The number of hydrogen-bond donors (Lipinski definition) is 1. The van der Waals surface area contributed by atoms with Crippen LogP contribution >= 0.6 is 11.8 Å². The lowest BCUT2D eigenvalue weighted by Gasteiger charge is -2.15.